The lowest BCUT2D eigenvalue weighted by Gasteiger charge is -2.63. The van der Waals surface area contributed by atoms with Gasteiger partial charge in [-0.25, -0.2) is 18.0 Å². The number of hydrogen-bond acceptors (Lipinski definition) is 5. The van der Waals surface area contributed by atoms with Crippen LogP contribution in [0.3, 0.4) is 0 Å². The van der Waals surface area contributed by atoms with Gasteiger partial charge in [-0.1, -0.05) is 19.6 Å². The number of fused-ring (bicyclic) bond motifs is 7. The summed E-state index contributed by atoms with van der Waals surface area (Å²) in [5.74, 6) is -3.10. The second-order valence-electron chi connectivity index (χ2n) is 11.3. The topological polar surface area (TPSA) is 83.9 Å². The number of hydrogen-bond donors (Lipinski definition) is 1. The van der Waals surface area contributed by atoms with Crippen molar-refractivity contribution >= 4 is 17.7 Å². The summed E-state index contributed by atoms with van der Waals surface area (Å²) >= 11 is 0. The van der Waals surface area contributed by atoms with E-state index in [-0.39, 0.29) is 37.9 Å². The number of halogens is 3. The molecular formula is C26H30F3NO5. The van der Waals surface area contributed by atoms with Gasteiger partial charge in [-0.2, -0.15) is 0 Å². The maximum absolute atomic E-state index is 17.3. The van der Waals surface area contributed by atoms with Crippen LogP contribution >= 0.6 is 0 Å². The molecular weight excluding hydrogens is 463 g/mol. The van der Waals surface area contributed by atoms with Crippen molar-refractivity contribution in [1.82, 2.24) is 4.90 Å². The quantitative estimate of drug-likeness (QED) is 0.607. The number of allylic oxidation sites excluding steroid dienone is 4. The van der Waals surface area contributed by atoms with Gasteiger partial charge < -0.3 is 14.7 Å². The van der Waals surface area contributed by atoms with E-state index in [4.69, 9.17) is 4.74 Å². The first-order valence-corrected chi connectivity index (χ1v) is 12.0. The van der Waals surface area contributed by atoms with Crippen molar-refractivity contribution < 1.29 is 37.4 Å². The Labute approximate surface area is 201 Å². The van der Waals surface area contributed by atoms with Crippen LogP contribution < -0.4 is 0 Å². The van der Waals surface area contributed by atoms with E-state index in [1.54, 1.807) is 6.92 Å². The molecule has 0 bridgehead atoms. The minimum atomic E-state index is -2.27. The largest absolute Gasteiger partial charge is 0.419 e. The molecule has 5 rings (SSSR count). The Kier molecular flexibility index (Phi) is 5.23. The SMILES string of the molecule is C=COC(=O)N1C[C@@H]2C[C@H]3[C@@H]4C[C@H](F)C5=CC(=O)C=C[C@]5(C)[C@@]4(F)[C@@H](O)C[C@]3(C)[C@]2(C(=O)CF)C1. The van der Waals surface area contributed by atoms with E-state index in [0.29, 0.717) is 0 Å². The lowest BCUT2D eigenvalue weighted by Crippen LogP contribution is -2.69. The van der Waals surface area contributed by atoms with Gasteiger partial charge >= 0.3 is 6.09 Å². The number of Topliss-reactive ketones (excluding diaryl/α,β-unsaturated/α-hetero) is 1. The van der Waals surface area contributed by atoms with Crippen LogP contribution in [0, 0.1) is 34.0 Å². The van der Waals surface area contributed by atoms with Gasteiger partial charge in [-0.15, -0.1) is 0 Å². The van der Waals surface area contributed by atoms with Gasteiger partial charge in [0.2, 0.25) is 0 Å². The molecule has 0 radical (unpaired) electrons. The molecule has 1 saturated heterocycles. The molecule has 9 atom stereocenters. The molecule has 4 aliphatic carbocycles. The Morgan fingerprint density at radius 2 is 2.03 bits per heavy atom. The molecule has 0 unspecified atom stereocenters. The summed E-state index contributed by atoms with van der Waals surface area (Å²) in [7, 11) is 0. The van der Waals surface area contributed by atoms with Crippen molar-refractivity contribution in [2.75, 3.05) is 19.8 Å². The van der Waals surface area contributed by atoms with E-state index >= 15 is 8.78 Å². The highest BCUT2D eigenvalue weighted by Gasteiger charge is 2.78. The molecule has 35 heavy (non-hydrogen) atoms. The first-order chi connectivity index (χ1) is 16.4. The zero-order valence-corrected chi connectivity index (χ0v) is 19.8. The fraction of sp³-hybridized carbons (Fsp3) is 0.654. The molecule has 1 amide bonds. The zero-order chi connectivity index (χ0) is 25.6. The van der Waals surface area contributed by atoms with Crippen LogP contribution in [0.4, 0.5) is 18.0 Å². The molecule has 0 spiro atoms. The number of carbonyl (C=O) groups excluding carboxylic acids is 3. The van der Waals surface area contributed by atoms with Crippen LogP contribution in [0.5, 0.6) is 0 Å². The Morgan fingerprint density at radius 3 is 2.69 bits per heavy atom. The van der Waals surface area contributed by atoms with Gasteiger partial charge in [0, 0.05) is 24.4 Å². The lowest BCUT2D eigenvalue weighted by atomic mass is 9.43. The average Bonchev–Trinajstić information content (AvgIpc) is 3.31. The van der Waals surface area contributed by atoms with Crippen molar-refractivity contribution in [1.29, 1.82) is 0 Å². The Bertz CT molecular complexity index is 1080. The third-order valence-corrected chi connectivity index (χ3v) is 10.2. The van der Waals surface area contributed by atoms with Crippen LogP contribution in [0.2, 0.25) is 0 Å². The second kappa shape index (κ2) is 7.54. The summed E-state index contributed by atoms with van der Waals surface area (Å²) < 4.78 is 51.7. The van der Waals surface area contributed by atoms with Gasteiger partial charge in [0.05, 0.1) is 17.8 Å². The van der Waals surface area contributed by atoms with Crippen LogP contribution in [0.1, 0.15) is 33.1 Å². The normalized spacial score (nSPS) is 47.8. The number of amides is 1. The maximum atomic E-state index is 17.3. The smallest absolute Gasteiger partial charge is 0.414 e. The van der Waals surface area contributed by atoms with Gasteiger partial charge in [-0.3, -0.25) is 9.59 Å². The van der Waals surface area contributed by atoms with Crippen LogP contribution in [-0.2, 0) is 14.3 Å². The molecule has 9 heteroatoms. The average molecular weight is 494 g/mol. The van der Waals surface area contributed by atoms with Gasteiger partial charge in [0.1, 0.15) is 12.8 Å². The van der Waals surface area contributed by atoms with Gasteiger partial charge in [-0.05, 0) is 61.2 Å². The number of carbonyl (C=O) groups is 3. The number of ether oxygens (including phenoxy) is 1. The number of likely N-dealkylation sites (tertiary alicyclic amines) is 1. The van der Waals surface area contributed by atoms with E-state index in [0.717, 1.165) is 12.3 Å². The van der Waals surface area contributed by atoms with Crippen LogP contribution in [-0.4, -0.2) is 65.4 Å². The molecule has 0 aromatic heterocycles. The molecule has 5 aliphatic rings. The number of aliphatic hydroxyl groups is 1. The Balaban J connectivity index is 1.61. The third kappa shape index (κ3) is 2.73. The predicted molar refractivity (Wildman–Crippen MR) is 119 cm³/mol. The molecule has 1 heterocycles. The van der Waals surface area contributed by atoms with Gasteiger partial charge in [0.15, 0.2) is 17.2 Å². The minimum absolute atomic E-state index is 0.0255. The van der Waals surface area contributed by atoms with E-state index in [1.807, 2.05) is 0 Å². The number of nitrogens with zero attached hydrogens (tertiary/aromatic N) is 1. The number of alkyl halides is 3. The zero-order valence-electron chi connectivity index (χ0n) is 19.8. The summed E-state index contributed by atoms with van der Waals surface area (Å²) in [6.07, 6.45) is 0.666. The Morgan fingerprint density at radius 1 is 1.31 bits per heavy atom. The maximum Gasteiger partial charge on any atom is 0.414 e. The second-order valence-corrected chi connectivity index (χ2v) is 11.3. The number of ketones is 2. The molecule has 190 valence electrons. The molecule has 0 aromatic rings. The Hall–Kier alpha value is -2.42. The van der Waals surface area contributed by atoms with Crippen molar-refractivity contribution in [2.45, 2.75) is 51.1 Å². The highest BCUT2D eigenvalue weighted by atomic mass is 19.1. The molecule has 1 N–H and O–H groups in total. The fourth-order valence-electron chi connectivity index (χ4n) is 8.69. The molecule has 0 aromatic carbocycles. The number of aliphatic hydroxyl groups excluding tert-OH is 1. The van der Waals surface area contributed by atoms with Crippen LogP contribution in [0.15, 0.2) is 36.6 Å². The predicted octanol–water partition coefficient (Wildman–Crippen LogP) is 3.65. The lowest BCUT2D eigenvalue weighted by molar-refractivity contribution is -0.211. The minimum Gasteiger partial charge on any atom is -0.419 e. The summed E-state index contributed by atoms with van der Waals surface area (Å²) in [6.45, 7) is 5.37. The monoisotopic (exact) mass is 493 g/mol. The van der Waals surface area contributed by atoms with Crippen molar-refractivity contribution in [2.24, 2.45) is 34.0 Å². The fourth-order valence-corrected chi connectivity index (χ4v) is 8.69. The molecule has 6 nitrogen and oxygen atoms in total. The van der Waals surface area contributed by atoms with E-state index < -0.39 is 76.3 Å². The van der Waals surface area contributed by atoms with E-state index in [1.165, 1.54) is 24.0 Å². The highest BCUT2D eigenvalue weighted by molar-refractivity contribution is 6.01. The first kappa shape index (κ1) is 24.3. The summed E-state index contributed by atoms with van der Waals surface area (Å²) in [4.78, 5) is 39.0. The van der Waals surface area contributed by atoms with Crippen molar-refractivity contribution in [3.63, 3.8) is 0 Å². The number of rotatable bonds is 3. The molecule has 4 fully saturated rings. The van der Waals surface area contributed by atoms with Gasteiger partial charge in [0.25, 0.3) is 0 Å². The van der Waals surface area contributed by atoms with E-state index in [2.05, 4.69) is 6.58 Å². The third-order valence-electron chi connectivity index (χ3n) is 10.2. The van der Waals surface area contributed by atoms with Crippen molar-refractivity contribution in [3.8, 4) is 0 Å². The molecule has 3 saturated carbocycles. The standard InChI is InChI=1S/C26H30F3NO5/c1-4-35-22(34)30-12-14-7-16-17-9-19(28)18-8-15(31)5-6-23(18,2)26(17,29)20(32)10-24(16,3)25(14,13-30)21(33)11-27/h4-6,8,14,16-17,19-20,32H,1,7,9-13H2,2-3H3/t14-,16-,17-,19-,20-,23-,24-,25+,26-/m0/s1. The molecule has 1 aliphatic heterocycles. The van der Waals surface area contributed by atoms with Crippen LogP contribution in [0.25, 0.3) is 0 Å². The van der Waals surface area contributed by atoms with E-state index in [9.17, 15) is 23.9 Å². The summed E-state index contributed by atoms with van der Waals surface area (Å²) in [5, 5.41) is 11.4. The summed E-state index contributed by atoms with van der Waals surface area (Å²) in [6, 6.07) is 0. The van der Waals surface area contributed by atoms with Crippen molar-refractivity contribution in [3.05, 3.63) is 36.6 Å². The summed E-state index contributed by atoms with van der Waals surface area (Å²) in [5.41, 5.74) is -6.20. The first-order valence-electron chi connectivity index (χ1n) is 12.0. The highest BCUT2D eigenvalue weighted by Crippen LogP contribution is 2.74.